The molecular formula is C16H16N2O3S. The highest BCUT2D eigenvalue weighted by atomic mass is 32.1. The SMILES string of the molecule is Cc1cccc(OCC(=O)Nc2nc3c(s2)C(=O)CCC3)c1. The Morgan fingerprint density at radius 1 is 1.41 bits per heavy atom. The van der Waals surface area contributed by atoms with Gasteiger partial charge in [-0.15, -0.1) is 0 Å². The molecule has 0 aliphatic heterocycles. The molecule has 22 heavy (non-hydrogen) atoms. The number of ketones is 1. The number of Topliss-reactive ketones (excluding diaryl/α,β-unsaturated/α-hetero) is 1. The summed E-state index contributed by atoms with van der Waals surface area (Å²) in [5.41, 5.74) is 1.88. The Morgan fingerprint density at radius 3 is 3.05 bits per heavy atom. The van der Waals surface area contributed by atoms with Gasteiger partial charge in [-0.05, 0) is 37.5 Å². The summed E-state index contributed by atoms with van der Waals surface area (Å²) in [6.45, 7) is 1.88. The van der Waals surface area contributed by atoms with Crippen LogP contribution in [0.1, 0.15) is 33.8 Å². The highest BCUT2D eigenvalue weighted by molar-refractivity contribution is 7.17. The van der Waals surface area contributed by atoms with Crippen molar-refractivity contribution < 1.29 is 14.3 Å². The van der Waals surface area contributed by atoms with Gasteiger partial charge >= 0.3 is 0 Å². The lowest BCUT2D eigenvalue weighted by Crippen LogP contribution is -2.20. The Morgan fingerprint density at radius 2 is 2.27 bits per heavy atom. The van der Waals surface area contributed by atoms with Crippen molar-refractivity contribution in [2.24, 2.45) is 0 Å². The molecule has 0 fully saturated rings. The average Bonchev–Trinajstić information content (AvgIpc) is 2.89. The fraction of sp³-hybridized carbons (Fsp3) is 0.312. The highest BCUT2D eigenvalue weighted by Gasteiger charge is 2.22. The van der Waals surface area contributed by atoms with Crippen LogP contribution in [-0.2, 0) is 11.2 Å². The standard InChI is InChI=1S/C16H16N2O3S/c1-10-4-2-5-11(8-10)21-9-14(20)18-16-17-12-6-3-7-13(19)15(12)22-16/h2,4-5,8H,3,6-7,9H2,1H3,(H,17,18,20). The molecule has 1 aliphatic rings. The van der Waals surface area contributed by atoms with Crippen molar-refractivity contribution >= 4 is 28.2 Å². The van der Waals surface area contributed by atoms with Crippen LogP contribution in [0.4, 0.5) is 5.13 Å². The minimum atomic E-state index is -0.278. The number of anilines is 1. The number of carbonyl (C=O) groups excluding carboxylic acids is 2. The zero-order chi connectivity index (χ0) is 15.5. The van der Waals surface area contributed by atoms with Crippen molar-refractivity contribution in [3.8, 4) is 5.75 Å². The van der Waals surface area contributed by atoms with Gasteiger partial charge in [0.1, 0.15) is 5.75 Å². The Labute approximate surface area is 132 Å². The highest BCUT2D eigenvalue weighted by Crippen LogP contribution is 2.29. The fourth-order valence-corrected chi connectivity index (χ4v) is 3.33. The quantitative estimate of drug-likeness (QED) is 0.941. The molecule has 2 aromatic rings. The third-order valence-electron chi connectivity index (χ3n) is 3.37. The van der Waals surface area contributed by atoms with Crippen LogP contribution >= 0.6 is 11.3 Å². The summed E-state index contributed by atoms with van der Waals surface area (Å²) >= 11 is 1.25. The number of amides is 1. The molecule has 3 rings (SSSR count). The van der Waals surface area contributed by atoms with E-state index in [-0.39, 0.29) is 18.3 Å². The zero-order valence-electron chi connectivity index (χ0n) is 12.2. The fourth-order valence-electron chi connectivity index (χ4n) is 2.33. The van der Waals surface area contributed by atoms with E-state index in [1.165, 1.54) is 11.3 Å². The second-order valence-electron chi connectivity index (χ2n) is 5.22. The van der Waals surface area contributed by atoms with Crippen LogP contribution in [0.3, 0.4) is 0 Å². The number of benzene rings is 1. The van der Waals surface area contributed by atoms with Gasteiger partial charge in [0.05, 0.1) is 10.6 Å². The second-order valence-corrected chi connectivity index (χ2v) is 6.22. The Kier molecular flexibility index (Phi) is 4.20. The van der Waals surface area contributed by atoms with E-state index in [0.29, 0.717) is 22.2 Å². The minimum absolute atomic E-state index is 0.0817. The lowest BCUT2D eigenvalue weighted by atomic mass is 10.0. The van der Waals surface area contributed by atoms with Gasteiger partial charge in [0, 0.05) is 6.42 Å². The number of nitrogens with zero attached hydrogens (tertiary/aromatic N) is 1. The van der Waals surface area contributed by atoms with Gasteiger partial charge in [0.2, 0.25) is 0 Å². The van der Waals surface area contributed by atoms with Crippen LogP contribution < -0.4 is 10.1 Å². The minimum Gasteiger partial charge on any atom is -0.484 e. The molecule has 0 bridgehead atoms. The van der Waals surface area contributed by atoms with Crippen molar-refractivity contribution in [1.82, 2.24) is 4.98 Å². The predicted molar refractivity (Wildman–Crippen MR) is 84.7 cm³/mol. The van der Waals surface area contributed by atoms with Crippen LogP contribution in [0.15, 0.2) is 24.3 Å². The molecule has 5 nitrogen and oxygen atoms in total. The molecule has 1 aromatic heterocycles. The van der Waals surface area contributed by atoms with Crippen LogP contribution in [0.25, 0.3) is 0 Å². The molecular weight excluding hydrogens is 300 g/mol. The van der Waals surface area contributed by atoms with Gasteiger partial charge in [0.25, 0.3) is 5.91 Å². The number of ether oxygens (including phenoxy) is 1. The number of fused-ring (bicyclic) bond motifs is 1. The van der Waals surface area contributed by atoms with E-state index >= 15 is 0 Å². The van der Waals surface area contributed by atoms with Crippen molar-refractivity contribution in [1.29, 1.82) is 0 Å². The van der Waals surface area contributed by atoms with Gasteiger partial charge < -0.3 is 4.74 Å². The van der Waals surface area contributed by atoms with Crippen molar-refractivity contribution in [2.45, 2.75) is 26.2 Å². The van der Waals surface area contributed by atoms with Crippen molar-refractivity contribution in [2.75, 3.05) is 11.9 Å². The Balaban J connectivity index is 1.59. The lowest BCUT2D eigenvalue weighted by Gasteiger charge is -2.06. The summed E-state index contributed by atoms with van der Waals surface area (Å²) in [4.78, 5) is 28.7. The Bertz CT molecular complexity index is 724. The van der Waals surface area contributed by atoms with E-state index in [0.717, 1.165) is 24.1 Å². The first-order chi connectivity index (χ1) is 10.6. The summed E-state index contributed by atoms with van der Waals surface area (Å²) in [6.07, 6.45) is 2.20. The first-order valence-corrected chi connectivity index (χ1v) is 7.96. The first kappa shape index (κ1) is 14.7. The van der Waals surface area contributed by atoms with E-state index in [1.807, 2.05) is 25.1 Å². The van der Waals surface area contributed by atoms with Crippen molar-refractivity contribution in [3.63, 3.8) is 0 Å². The predicted octanol–water partition coefficient (Wildman–Crippen LogP) is 2.99. The average molecular weight is 316 g/mol. The summed E-state index contributed by atoms with van der Waals surface area (Å²) < 4.78 is 5.44. The monoisotopic (exact) mass is 316 g/mol. The van der Waals surface area contributed by atoms with Crippen LogP contribution in [-0.4, -0.2) is 23.3 Å². The molecule has 1 aliphatic carbocycles. The molecule has 114 valence electrons. The lowest BCUT2D eigenvalue weighted by molar-refractivity contribution is -0.118. The largest absolute Gasteiger partial charge is 0.484 e. The maximum absolute atomic E-state index is 11.9. The number of nitrogens with one attached hydrogen (secondary N) is 1. The van der Waals surface area contributed by atoms with E-state index in [9.17, 15) is 9.59 Å². The number of aryl methyl sites for hydroxylation is 2. The van der Waals surface area contributed by atoms with Crippen LogP contribution in [0.5, 0.6) is 5.75 Å². The molecule has 0 saturated heterocycles. The van der Waals surface area contributed by atoms with Gasteiger partial charge in [-0.2, -0.15) is 0 Å². The molecule has 1 aromatic carbocycles. The smallest absolute Gasteiger partial charge is 0.264 e. The van der Waals surface area contributed by atoms with Gasteiger partial charge in [-0.1, -0.05) is 23.5 Å². The topological polar surface area (TPSA) is 68.3 Å². The normalized spacial score (nSPS) is 13.6. The Hall–Kier alpha value is -2.21. The maximum Gasteiger partial charge on any atom is 0.264 e. The maximum atomic E-state index is 11.9. The van der Waals surface area contributed by atoms with E-state index in [1.54, 1.807) is 6.07 Å². The van der Waals surface area contributed by atoms with Gasteiger partial charge in [-0.3, -0.25) is 14.9 Å². The molecule has 0 unspecified atom stereocenters. The van der Waals surface area contributed by atoms with E-state index in [4.69, 9.17) is 4.74 Å². The van der Waals surface area contributed by atoms with Crippen LogP contribution in [0.2, 0.25) is 0 Å². The molecule has 1 amide bonds. The van der Waals surface area contributed by atoms with Crippen LogP contribution in [0, 0.1) is 6.92 Å². The molecule has 0 saturated carbocycles. The summed E-state index contributed by atoms with van der Waals surface area (Å²) in [5.74, 6) is 0.499. The molecule has 6 heteroatoms. The van der Waals surface area contributed by atoms with Crippen molar-refractivity contribution in [3.05, 3.63) is 40.4 Å². The summed E-state index contributed by atoms with van der Waals surface area (Å²) in [7, 11) is 0. The van der Waals surface area contributed by atoms with E-state index in [2.05, 4.69) is 10.3 Å². The zero-order valence-corrected chi connectivity index (χ0v) is 13.0. The number of aromatic nitrogens is 1. The second kappa shape index (κ2) is 6.27. The number of hydrogen-bond donors (Lipinski definition) is 1. The molecule has 1 heterocycles. The number of thiazole rings is 1. The third-order valence-corrected chi connectivity index (χ3v) is 4.43. The first-order valence-electron chi connectivity index (χ1n) is 7.14. The molecule has 1 N–H and O–H groups in total. The molecule has 0 radical (unpaired) electrons. The number of hydrogen-bond acceptors (Lipinski definition) is 5. The number of carbonyl (C=O) groups is 2. The van der Waals surface area contributed by atoms with E-state index < -0.39 is 0 Å². The molecule has 0 spiro atoms. The summed E-state index contributed by atoms with van der Waals surface area (Å²) in [6, 6.07) is 7.52. The molecule has 0 atom stereocenters. The van der Waals surface area contributed by atoms with Gasteiger partial charge in [0.15, 0.2) is 17.5 Å². The summed E-state index contributed by atoms with van der Waals surface area (Å²) in [5, 5.41) is 3.17. The number of rotatable bonds is 4. The third kappa shape index (κ3) is 3.33. The van der Waals surface area contributed by atoms with Gasteiger partial charge in [-0.25, -0.2) is 4.98 Å².